The Morgan fingerprint density at radius 1 is 1.19 bits per heavy atom. The SMILES string of the molecule is CCNC(C)(CO)CCCCN1CCCN2CCCC2C1. The van der Waals surface area contributed by atoms with Crippen LogP contribution in [0.1, 0.15) is 52.4 Å². The maximum Gasteiger partial charge on any atom is 0.0610 e. The third-order valence-corrected chi connectivity index (χ3v) is 5.29. The molecule has 0 aromatic heterocycles. The van der Waals surface area contributed by atoms with Gasteiger partial charge in [0.25, 0.3) is 0 Å². The molecular formula is C17H35N3O. The fourth-order valence-corrected chi connectivity index (χ4v) is 3.99. The van der Waals surface area contributed by atoms with Gasteiger partial charge in [0.2, 0.25) is 0 Å². The van der Waals surface area contributed by atoms with Crippen LogP contribution >= 0.6 is 0 Å². The van der Waals surface area contributed by atoms with Gasteiger partial charge >= 0.3 is 0 Å². The zero-order chi connectivity index (χ0) is 15.1. The van der Waals surface area contributed by atoms with Crippen LogP contribution in [-0.4, -0.2) is 72.4 Å². The van der Waals surface area contributed by atoms with Crippen molar-refractivity contribution in [3.05, 3.63) is 0 Å². The lowest BCUT2D eigenvalue weighted by Gasteiger charge is -2.29. The number of nitrogens with one attached hydrogen (secondary N) is 1. The van der Waals surface area contributed by atoms with Crippen molar-refractivity contribution in [2.75, 3.05) is 45.9 Å². The lowest BCUT2D eigenvalue weighted by Crippen LogP contribution is -2.45. The number of aliphatic hydroxyl groups is 1. The summed E-state index contributed by atoms with van der Waals surface area (Å²) in [5.41, 5.74) is -0.0875. The second-order valence-electron chi connectivity index (χ2n) is 7.19. The van der Waals surface area contributed by atoms with E-state index in [9.17, 15) is 5.11 Å². The quantitative estimate of drug-likeness (QED) is 0.669. The van der Waals surface area contributed by atoms with Crippen molar-refractivity contribution in [2.45, 2.75) is 64.0 Å². The van der Waals surface area contributed by atoms with Crippen LogP contribution in [0, 0.1) is 0 Å². The molecule has 2 rings (SSSR count). The Balaban J connectivity index is 1.66. The van der Waals surface area contributed by atoms with E-state index in [1.54, 1.807) is 0 Å². The van der Waals surface area contributed by atoms with Crippen molar-refractivity contribution in [3.63, 3.8) is 0 Å². The van der Waals surface area contributed by atoms with Crippen molar-refractivity contribution >= 4 is 0 Å². The second kappa shape index (κ2) is 8.47. The summed E-state index contributed by atoms with van der Waals surface area (Å²) in [4.78, 5) is 5.38. The van der Waals surface area contributed by atoms with E-state index in [1.807, 2.05) is 0 Å². The summed E-state index contributed by atoms with van der Waals surface area (Å²) in [7, 11) is 0. The van der Waals surface area contributed by atoms with Crippen LogP contribution in [0.15, 0.2) is 0 Å². The predicted molar refractivity (Wildman–Crippen MR) is 88.7 cm³/mol. The van der Waals surface area contributed by atoms with Crippen LogP contribution < -0.4 is 5.32 Å². The highest BCUT2D eigenvalue weighted by Gasteiger charge is 2.28. The molecule has 0 aliphatic carbocycles. The molecular weight excluding hydrogens is 262 g/mol. The summed E-state index contributed by atoms with van der Waals surface area (Å²) >= 11 is 0. The smallest absolute Gasteiger partial charge is 0.0610 e. The molecule has 0 spiro atoms. The van der Waals surface area contributed by atoms with E-state index < -0.39 is 0 Å². The molecule has 2 fully saturated rings. The van der Waals surface area contributed by atoms with Crippen molar-refractivity contribution in [3.8, 4) is 0 Å². The first-order chi connectivity index (χ1) is 10.2. The maximum atomic E-state index is 9.53. The molecule has 2 N–H and O–H groups in total. The van der Waals surface area contributed by atoms with E-state index in [1.165, 1.54) is 64.8 Å². The summed E-state index contributed by atoms with van der Waals surface area (Å²) in [5.74, 6) is 0. The molecule has 2 heterocycles. The Bertz CT molecular complexity index is 300. The first kappa shape index (κ1) is 17.2. The molecule has 2 atom stereocenters. The summed E-state index contributed by atoms with van der Waals surface area (Å²) in [6.07, 6.45) is 7.67. The normalized spacial score (nSPS) is 27.3. The minimum Gasteiger partial charge on any atom is -0.394 e. The topological polar surface area (TPSA) is 38.7 Å². The van der Waals surface area contributed by atoms with Crippen LogP contribution in [0.3, 0.4) is 0 Å². The largest absolute Gasteiger partial charge is 0.394 e. The molecule has 0 radical (unpaired) electrons. The standard InChI is InChI=1S/C17H35N3O/c1-3-18-17(2,15-21)9-4-5-10-19-11-7-13-20-12-6-8-16(20)14-19/h16,18,21H,3-15H2,1-2H3. The Morgan fingerprint density at radius 3 is 2.76 bits per heavy atom. The van der Waals surface area contributed by atoms with Gasteiger partial charge in [-0.3, -0.25) is 4.90 Å². The van der Waals surface area contributed by atoms with Crippen molar-refractivity contribution in [1.29, 1.82) is 0 Å². The van der Waals surface area contributed by atoms with Crippen LogP contribution in [0.5, 0.6) is 0 Å². The average Bonchev–Trinajstić information content (AvgIpc) is 2.82. The van der Waals surface area contributed by atoms with Gasteiger partial charge in [-0.2, -0.15) is 0 Å². The lowest BCUT2D eigenvalue weighted by molar-refractivity contribution is 0.161. The molecule has 2 saturated heterocycles. The molecule has 2 aliphatic rings. The van der Waals surface area contributed by atoms with E-state index in [2.05, 4.69) is 29.0 Å². The Morgan fingerprint density at radius 2 is 2.00 bits per heavy atom. The van der Waals surface area contributed by atoms with E-state index in [4.69, 9.17) is 0 Å². The number of hydrogen-bond donors (Lipinski definition) is 2. The highest BCUT2D eigenvalue weighted by Crippen LogP contribution is 2.21. The number of unbranched alkanes of at least 4 members (excludes halogenated alkanes) is 1. The zero-order valence-electron chi connectivity index (χ0n) is 14.1. The summed E-state index contributed by atoms with van der Waals surface area (Å²) in [6, 6.07) is 0.831. The van der Waals surface area contributed by atoms with E-state index in [0.29, 0.717) is 0 Å². The highest BCUT2D eigenvalue weighted by molar-refractivity contribution is 4.85. The molecule has 0 aromatic carbocycles. The molecule has 4 heteroatoms. The van der Waals surface area contributed by atoms with Gasteiger partial charge in [0.15, 0.2) is 0 Å². The third kappa shape index (κ3) is 5.20. The van der Waals surface area contributed by atoms with Crippen molar-refractivity contribution < 1.29 is 5.11 Å². The number of fused-ring (bicyclic) bond motifs is 1. The molecule has 0 aromatic rings. The lowest BCUT2D eigenvalue weighted by atomic mass is 9.95. The summed E-state index contributed by atoms with van der Waals surface area (Å²) in [5, 5.41) is 12.9. The molecule has 2 aliphatic heterocycles. The van der Waals surface area contributed by atoms with Crippen LogP contribution in [0.25, 0.3) is 0 Å². The van der Waals surface area contributed by atoms with Gasteiger partial charge in [-0.25, -0.2) is 0 Å². The Labute approximate surface area is 130 Å². The van der Waals surface area contributed by atoms with E-state index in [-0.39, 0.29) is 12.1 Å². The van der Waals surface area contributed by atoms with Gasteiger partial charge in [0.05, 0.1) is 6.61 Å². The summed E-state index contributed by atoms with van der Waals surface area (Å²) < 4.78 is 0. The average molecular weight is 297 g/mol. The summed E-state index contributed by atoms with van der Waals surface area (Å²) in [6.45, 7) is 11.8. The highest BCUT2D eigenvalue weighted by atomic mass is 16.3. The molecule has 0 saturated carbocycles. The van der Waals surface area contributed by atoms with E-state index >= 15 is 0 Å². The second-order valence-corrected chi connectivity index (χ2v) is 7.19. The van der Waals surface area contributed by atoms with Crippen molar-refractivity contribution in [1.82, 2.24) is 15.1 Å². The molecule has 124 valence electrons. The fourth-order valence-electron chi connectivity index (χ4n) is 3.99. The van der Waals surface area contributed by atoms with E-state index in [0.717, 1.165) is 19.0 Å². The third-order valence-electron chi connectivity index (χ3n) is 5.29. The molecule has 0 amide bonds. The zero-order valence-corrected chi connectivity index (χ0v) is 14.1. The van der Waals surface area contributed by atoms with Gasteiger partial charge < -0.3 is 15.3 Å². The van der Waals surface area contributed by atoms with Crippen LogP contribution in [0.4, 0.5) is 0 Å². The van der Waals surface area contributed by atoms with Gasteiger partial charge in [-0.15, -0.1) is 0 Å². The van der Waals surface area contributed by atoms with Gasteiger partial charge in [0, 0.05) is 18.1 Å². The molecule has 0 bridgehead atoms. The minimum absolute atomic E-state index is 0.0875. The number of hydrogen-bond acceptors (Lipinski definition) is 4. The van der Waals surface area contributed by atoms with Crippen LogP contribution in [0.2, 0.25) is 0 Å². The Kier molecular flexibility index (Phi) is 6.93. The minimum atomic E-state index is -0.0875. The Hall–Kier alpha value is -0.160. The van der Waals surface area contributed by atoms with Gasteiger partial charge in [0.1, 0.15) is 0 Å². The number of rotatable bonds is 8. The predicted octanol–water partition coefficient (Wildman–Crippen LogP) is 1.69. The van der Waals surface area contributed by atoms with Crippen LogP contribution in [-0.2, 0) is 0 Å². The molecule has 4 nitrogen and oxygen atoms in total. The van der Waals surface area contributed by atoms with Gasteiger partial charge in [-0.05, 0) is 71.8 Å². The van der Waals surface area contributed by atoms with Gasteiger partial charge in [-0.1, -0.05) is 13.3 Å². The first-order valence-corrected chi connectivity index (χ1v) is 8.99. The molecule has 21 heavy (non-hydrogen) atoms. The molecule has 2 unspecified atom stereocenters. The number of aliphatic hydroxyl groups excluding tert-OH is 1. The fraction of sp³-hybridized carbons (Fsp3) is 1.00. The first-order valence-electron chi connectivity index (χ1n) is 8.99. The monoisotopic (exact) mass is 297 g/mol. The number of likely N-dealkylation sites (N-methyl/N-ethyl adjacent to an activating group) is 1. The van der Waals surface area contributed by atoms with Crippen molar-refractivity contribution in [2.24, 2.45) is 0 Å². The maximum absolute atomic E-state index is 9.53. The number of nitrogens with zero attached hydrogens (tertiary/aromatic N) is 2.